The number of nitrogens with two attached hydrogens (primary N) is 1. The van der Waals surface area contributed by atoms with Crippen molar-refractivity contribution in [2.24, 2.45) is 0 Å². The summed E-state index contributed by atoms with van der Waals surface area (Å²) in [6.07, 6.45) is 10.7. The summed E-state index contributed by atoms with van der Waals surface area (Å²) >= 11 is 0. The molecule has 0 aliphatic carbocycles. The Morgan fingerprint density at radius 1 is 0.432 bits per heavy atom. The molecule has 0 spiro atoms. The monoisotopic (exact) mass is 478 g/mol. The van der Waals surface area contributed by atoms with Crippen molar-refractivity contribution in [1.82, 2.24) is 24.9 Å². The normalized spacial score (nSPS) is 10.8. The molecule has 0 aliphatic rings. The Hall–Kier alpha value is -5.23. The minimum atomic E-state index is 0.699. The van der Waals surface area contributed by atoms with Crippen molar-refractivity contribution < 1.29 is 0 Å². The van der Waals surface area contributed by atoms with Gasteiger partial charge in [-0.2, -0.15) is 0 Å². The largest absolute Gasteiger partial charge is 0.398 e. The van der Waals surface area contributed by atoms with E-state index in [0.717, 1.165) is 56.2 Å². The Balaban J connectivity index is 1.61. The fourth-order valence-corrected chi connectivity index (χ4v) is 4.35. The van der Waals surface area contributed by atoms with E-state index in [9.17, 15) is 0 Å². The molecule has 6 nitrogen and oxygen atoms in total. The number of aromatic nitrogens is 5. The number of pyridine rings is 5. The van der Waals surface area contributed by atoms with Gasteiger partial charge in [0.2, 0.25) is 0 Å². The Morgan fingerprint density at radius 3 is 1.32 bits per heavy atom. The third kappa shape index (κ3) is 4.56. The third-order valence-electron chi connectivity index (χ3n) is 6.18. The van der Waals surface area contributed by atoms with Gasteiger partial charge < -0.3 is 5.73 Å². The maximum Gasteiger partial charge on any atom is 0.0900 e. The highest BCUT2D eigenvalue weighted by Gasteiger charge is 2.16. The van der Waals surface area contributed by atoms with Crippen LogP contribution in [-0.4, -0.2) is 24.9 Å². The zero-order valence-electron chi connectivity index (χ0n) is 19.9. The maximum atomic E-state index is 6.76. The first kappa shape index (κ1) is 22.2. The lowest BCUT2D eigenvalue weighted by atomic mass is 9.91. The number of hydrogen-bond donors (Lipinski definition) is 1. The van der Waals surface area contributed by atoms with Gasteiger partial charge in [0.25, 0.3) is 0 Å². The summed E-state index contributed by atoms with van der Waals surface area (Å²) in [6.45, 7) is 0. The van der Waals surface area contributed by atoms with E-state index < -0.39 is 0 Å². The topological polar surface area (TPSA) is 90.5 Å². The Kier molecular flexibility index (Phi) is 5.89. The predicted molar refractivity (Wildman–Crippen MR) is 147 cm³/mol. The lowest BCUT2D eigenvalue weighted by molar-refractivity contribution is 1.22. The molecule has 0 saturated heterocycles. The molecule has 6 aromatic rings. The molecule has 1 aromatic carbocycles. The molecule has 0 saturated carbocycles. The van der Waals surface area contributed by atoms with Crippen molar-refractivity contribution >= 4 is 5.69 Å². The lowest BCUT2D eigenvalue weighted by Crippen LogP contribution is -1.98. The van der Waals surface area contributed by atoms with Gasteiger partial charge in [0.15, 0.2) is 0 Å². The summed E-state index contributed by atoms with van der Waals surface area (Å²) in [5, 5.41) is 0. The van der Waals surface area contributed by atoms with E-state index in [0.29, 0.717) is 5.69 Å². The van der Waals surface area contributed by atoms with Crippen LogP contribution < -0.4 is 5.73 Å². The van der Waals surface area contributed by atoms with Gasteiger partial charge in [-0.05, 0) is 95.1 Å². The second-order valence-electron chi connectivity index (χ2n) is 8.51. The smallest absolute Gasteiger partial charge is 0.0900 e. The summed E-state index contributed by atoms with van der Waals surface area (Å²) in [5.74, 6) is 0. The van der Waals surface area contributed by atoms with Crippen LogP contribution in [0.4, 0.5) is 5.69 Å². The standard InChI is InChI=1S/C31H22N6/c32-31-25(21-7-13-33-14-8-21)17-23(18-26(31)22-9-15-34-16-10-22)24-19-29(27-5-1-3-11-35-27)37-30(20-24)28-6-2-4-12-36-28/h1-20H,32H2. The van der Waals surface area contributed by atoms with Gasteiger partial charge in [-0.25, -0.2) is 4.98 Å². The van der Waals surface area contributed by atoms with E-state index in [2.05, 4.69) is 44.2 Å². The Morgan fingerprint density at radius 2 is 0.892 bits per heavy atom. The number of nitrogens with zero attached hydrogens (tertiary/aromatic N) is 5. The molecule has 0 aliphatic heterocycles. The van der Waals surface area contributed by atoms with Crippen LogP contribution >= 0.6 is 0 Å². The van der Waals surface area contributed by atoms with Crippen molar-refractivity contribution in [3.63, 3.8) is 0 Å². The minimum absolute atomic E-state index is 0.699. The summed E-state index contributed by atoms with van der Waals surface area (Å²) in [4.78, 5) is 22.4. The summed E-state index contributed by atoms with van der Waals surface area (Å²) in [5.41, 5.74) is 16.4. The first-order valence-electron chi connectivity index (χ1n) is 11.9. The van der Waals surface area contributed by atoms with Gasteiger partial charge in [0, 0.05) is 54.0 Å². The van der Waals surface area contributed by atoms with Crippen molar-refractivity contribution in [3.05, 3.63) is 122 Å². The van der Waals surface area contributed by atoms with Crippen LogP contribution in [0.1, 0.15) is 0 Å². The van der Waals surface area contributed by atoms with E-state index >= 15 is 0 Å². The molecular weight excluding hydrogens is 456 g/mol. The van der Waals surface area contributed by atoms with E-state index in [1.165, 1.54) is 0 Å². The molecule has 0 atom stereocenters. The van der Waals surface area contributed by atoms with Crippen molar-refractivity contribution in [2.75, 3.05) is 5.73 Å². The molecule has 0 radical (unpaired) electrons. The van der Waals surface area contributed by atoms with Gasteiger partial charge in [0.05, 0.1) is 22.8 Å². The molecule has 6 rings (SSSR count). The number of anilines is 1. The van der Waals surface area contributed by atoms with Crippen LogP contribution in [0, 0.1) is 0 Å². The second-order valence-corrected chi connectivity index (χ2v) is 8.51. The number of benzene rings is 1. The molecule has 5 aromatic heterocycles. The Labute approximate surface area is 214 Å². The first-order valence-corrected chi connectivity index (χ1v) is 11.9. The van der Waals surface area contributed by atoms with E-state index in [1.54, 1.807) is 37.2 Å². The van der Waals surface area contributed by atoms with Crippen molar-refractivity contribution in [2.45, 2.75) is 0 Å². The first-order chi connectivity index (χ1) is 18.3. The molecule has 37 heavy (non-hydrogen) atoms. The minimum Gasteiger partial charge on any atom is -0.398 e. The van der Waals surface area contributed by atoms with Crippen molar-refractivity contribution in [1.29, 1.82) is 0 Å². The summed E-state index contributed by atoms with van der Waals surface area (Å²) in [6, 6.07) is 27.9. The van der Waals surface area contributed by atoms with Gasteiger partial charge in [-0.15, -0.1) is 0 Å². The van der Waals surface area contributed by atoms with Gasteiger partial charge in [-0.3, -0.25) is 19.9 Å². The van der Waals surface area contributed by atoms with Crippen LogP contribution in [0.5, 0.6) is 0 Å². The summed E-state index contributed by atoms with van der Waals surface area (Å²) in [7, 11) is 0. The van der Waals surface area contributed by atoms with Gasteiger partial charge in [-0.1, -0.05) is 12.1 Å². The third-order valence-corrected chi connectivity index (χ3v) is 6.18. The second kappa shape index (κ2) is 9.79. The average molecular weight is 479 g/mol. The highest BCUT2D eigenvalue weighted by atomic mass is 14.8. The fraction of sp³-hybridized carbons (Fsp3) is 0. The molecule has 0 amide bonds. The zero-order chi connectivity index (χ0) is 25.0. The Bertz CT molecular complexity index is 1540. The molecule has 5 heterocycles. The quantitative estimate of drug-likeness (QED) is 0.282. The van der Waals surface area contributed by atoms with Gasteiger partial charge in [0.1, 0.15) is 0 Å². The zero-order valence-corrected chi connectivity index (χ0v) is 19.9. The fourth-order valence-electron chi connectivity index (χ4n) is 4.35. The average Bonchev–Trinajstić information content (AvgIpc) is 2.99. The maximum absolute atomic E-state index is 6.76. The molecule has 0 fully saturated rings. The molecule has 2 N–H and O–H groups in total. The molecule has 0 unspecified atom stereocenters. The number of rotatable bonds is 5. The van der Waals surface area contributed by atoms with Crippen LogP contribution in [0.2, 0.25) is 0 Å². The van der Waals surface area contributed by atoms with Crippen LogP contribution in [0.25, 0.3) is 56.2 Å². The van der Waals surface area contributed by atoms with E-state index in [4.69, 9.17) is 10.7 Å². The van der Waals surface area contributed by atoms with Gasteiger partial charge >= 0.3 is 0 Å². The number of hydrogen-bond acceptors (Lipinski definition) is 6. The lowest BCUT2D eigenvalue weighted by Gasteiger charge is -2.16. The predicted octanol–water partition coefficient (Wildman–Crippen LogP) is 6.58. The van der Waals surface area contributed by atoms with Crippen LogP contribution in [0.3, 0.4) is 0 Å². The SMILES string of the molecule is Nc1c(-c2ccncc2)cc(-c2cc(-c3ccccn3)nc(-c3ccccn3)c2)cc1-c1ccncc1. The van der Waals surface area contributed by atoms with Crippen LogP contribution in [0.15, 0.2) is 122 Å². The molecule has 0 bridgehead atoms. The molecule has 176 valence electrons. The van der Waals surface area contributed by atoms with E-state index in [-0.39, 0.29) is 0 Å². The number of nitrogen functional groups attached to an aromatic ring is 1. The molecular formula is C31H22N6. The highest BCUT2D eigenvalue weighted by Crippen LogP contribution is 2.40. The van der Waals surface area contributed by atoms with Crippen LogP contribution in [-0.2, 0) is 0 Å². The molecule has 6 heteroatoms. The summed E-state index contributed by atoms with van der Waals surface area (Å²) < 4.78 is 0. The van der Waals surface area contributed by atoms with E-state index in [1.807, 2.05) is 60.7 Å². The highest BCUT2D eigenvalue weighted by molar-refractivity contribution is 5.93. The van der Waals surface area contributed by atoms with Crippen molar-refractivity contribution in [3.8, 4) is 56.2 Å².